The minimum atomic E-state index is -0.913. The first-order valence-electron chi connectivity index (χ1n) is 5.23. The predicted molar refractivity (Wildman–Crippen MR) is 60.2 cm³/mol. The summed E-state index contributed by atoms with van der Waals surface area (Å²) in [5, 5.41) is 9.72. The Bertz CT molecular complexity index is 336. The van der Waals surface area contributed by atoms with E-state index in [0.717, 1.165) is 0 Å². The van der Waals surface area contributed by atoms with Gasteiger partial charge in [0.15, 0.2) is 0 Å². The summed E-state index contributed by atoms with van der Waals surface area (Å²) in [6.45, 7) is 5.80. The van der Waals surface area contributed by atoms with E-state index >= 15 is 0 Å². The monoisotopic (exact) mass is 227 g/mol. The molecule has 2 N–H and O–H groups in total. The van der Waals surface area contributed by atoms with E-state index in [-0.39, 0.29) is 17.7 Å². The first-order valence-corrected chi connectivity index (χ1v) is 5.23. The third-order valence-corrected chi connectivity index (χ3v) is 1.92. The van der Waals surface area contributed by atoms with Crippen LogP contribution in [0.4, 0.5) is 4.39 Å². The van der Waals surface area contributed by atoms with Gasteiger partial charge in [-0.05, 0) is 26.8 Å². The number of hydrogen-bond acceptors (Lipinski definition) is 3. The zero-order valence-electron chi connectivity index (χ0n) is 9.83. The van der Waals surface area contributed by atoms with Gasteiger partial charge in [0, 0.05) is 5.56 Å². The number of benzene rings is 1. The van der Waals surface area contributed by atoms with Gasteiger partial charge in [0.1, 0.15) is 5.82 Å². The minimum absolute atomic E-state index is 0.151. The van der Waals surface area contributed by atoms with Crippen LogP contribution in [-0.2, 0) is 4.84 Å². The molecule has 0 amide bonds. The topological polar surface area (TPSA) is 41.5 Å². The highest BCUT2D eigenvalue weighted by Crippen LogP contribution is 2.16. The van der Waals surface area contributed by atoms with E-state index in [1.165, 1.54) is 6.07 Å². The number of aliphatic hydroxyl groups excluding tert-OH is 1. The average molecular weight is 227 g/mol. The average Bonchev–Trinajstić information content (AvgIpc) is 2.16. The number of rotatable bonds is 4. The maximum atomic E-state index is 13.3. The van der Waals surface area contributed by atoms with Crippen molar-refractivity contribution >= 4 is 0 Å². The number of hydrogen-bond donors (Lipinski definition) is 2. The highest BCUT2D eigenvalue weighted by molar-refractivity contribution is 5.19. The minimum Gasteiger partial charge on any atom is -0.387 e. The van der Waals surface area contributed by atoms with Crippen molar-refractivity contribution in [2.75, 3.05) is 6.54 Å². The van der Waals surface area contributed by atoms with Crippen molar-refractivity contribution in [3.05, 3.63) is 35.6 Å². The molecule has 0 heterocycles. The van der Waals surface area contributed by atoms with E-state index in [4.69, 9.17) is 4.84 Å². The lowest BCUT2D eigenvalue weighted by Crippen LogP contribution is -2.32. The fraction of sp³-hybridized carbons (Fsp3) is 0.500. The van der Waals surface area contributed by atoms with Crippen LogP contribution in [0.15, 0.2) is 24.3 Å². The normalized spacial score (nSPS) is 13.8. The number of halogens is 1. The van der Waals surface area contributed by atoms with Crippen LogP contribution in [0.3, 0.4) is 0 Å². The molecule has 0 aromatic heterocycles. The van der Waals surface area contributed by atoms with Crippen LogP contribution < -0.4 is 5.48 Å². The maximum Gasteiger partial charge on any atom is 0.129 e. The van der Waals surface area contributed by atoms with E-state index in [2.05, 4.69) is 5.48 Å². The number of aliphatic hydroxyl groups is 1. The van der Waals surface area contributed by atoms with Gasteiger partial charge >= 0.3 is 0 Å². The largest absolute Gasteiger partial charge is 0.387 e. The Labute approximate surface area is 95.2 Å². The molecule has 1 aromatic rings. The zero-order chi connectivity index (χ0) is 12.2. The van der Waals surface area contributed by atoms with Crippen LogP contribution in [0.25, 0.3) is 0 Å². The van der Waals surface area contributed by atoms with Gasteiger partial charge in [-0.15, -0.1) is 0 Å². The molecule has 1 aromatic carbocycles. The van der Waals surface area contributed by atoms with Gasteiger partial charge in [0.25, 0.3) is 0 Å². The fourth-order valence-electron chi connectivity index (χ4n) is 1.19. The number of hydroxylamine groups is 1. The van der Waals surface area contributed by atoms with Crippen molar-refractivity contribution in [2.24, 2.45) is 0 Å². The summed E-state index contributed by atoms with van der Waals surface area (Å²) in [6.07, 6.45) is -0.913. The molecule has 0 aliphatic heterocycles. The summed E-state index contributed by atoms with van der Waals surface area (Å²) >= 11 is 0. The van der Waals surface area contributed by atoms with Crippen molar-refractivity contribution in [3.8, 4) is 0 Å². The Hall–Kier alpha value is -0.970. The summed E-state index contributed by atoms with van der Waals surface area (Å²) in [6, 6.07) is 6.15. The van der Waals surface area contributed by atoms with E-state index in [1.807, 2.05) is 20.8 Å². The zero-order valence-corrected chi connectivity index (χ0v) is 9.83. The molecule has 90 valence electrons. The molecule has 0 aliphatic carbocycles. The Kier molecular flexibility index (Phi) is 4.41. The second-order valence-corrected chi connectivity index (χ2v) is 4.60. The standard InChI is InChI=1S/C12H18FNO2/c1-12(2,3)16-14-8-11(15)9-6-4-5-7-10(9)13/h4-7,11,14-15H,8H2,1-3H3. The first kappa shape index (κ1) is 13.1. The Morgan fingerprint density at radius 2 is 2.00 bits per heavy atom. The Morgan fingerprint density at radius 3 is 2.56 bits per heavy atom. The van der Waals surface area contributed by atoms with E-state index in [1.54, 1.807) is 18.2 Å². The SMILES string of the molecule is CC(C)(C)ONCC(O)c1ccccc1F. The molecule has 3 nitrogen and oxygen atoms in total. The van der Waals surface area contributed by atoms with Crippen LogP contribution in [0.5, 0.6) is 0 Å². The molecular weight excluding hydrogens is 209 g/mol. The molecule has 1 rings (SSSR count). The van der Waals surface area contributed by atoms with Crippen molar-refractivity contribution in [3.63, 3.8) is 0 Å². The van der Waals surface area contributed by atoms with E-state index in [9.17, 15) is 9.50 Å². The van der Waals surface area contributed by atoms with Crippen LogP contribution in [-0.4, -0.2) is 17.3 Å². The van der Waals surface area contributed by atoms with Gasteiger partial charge in [-0.2, -0.15) is 5.48 Å². The van der Waals surface area contributed by atoms with Crippen LogP contribution >= 0.6 is 0 Å². The molecule has 0 bridgehead atoms. The van der Waals surface area contributed by atoms with Gasteiger partial charge in [-0.3, -0.25) is 4.84 Å². The third-order valence-electron chi connectivity index (χ3n) is 1.92. The van der Waals surface area contributed by atoms with Crippen molar-refractivity contribution in [1.29, 1.82) is 0 Å². The molecule has 0 radical (unpaired) electrons. The van der Waals surface area contributed by atoms with Crippen LogP contribution in [0.2, 0.25) is 0 Å². The quantitative estimate of drug-likeness (QED) is 0.775. The summed E-state index contributed by atoms with van der Waals surface area (Å²) in [5.41, 5.74) is 2.57. The molecule has 0 spiro atoms. The Morgan fingerprint density at radius 1 is 1.38 bits per heavy atom. The molecule has 16 heavy (non-hydrogen) atoms. The maximum absolute atomic E-state index is 13.3. The lowest BCUT2D eigenvalue weighted by atomic mass is 10.1. The van der Waals surface area contributed by atoms with Gasteiger partial charge in [-0.25, -0.2) is 4.39 Å². The summed E-state index contributed by atoms with van der Waals surface area (Å²) in [5.74, 6) is -0.410. The molecule has 1 atom stereocenters. The molecule has 0 saturated heterocycles. The molecule has 4 heteroatoms. The van der Waals surface area contributed by atoms with Crippen LogP contribution in [0, 0.1) is 5.82 Å². The molecular formula is C12H18FNO2. The van der Waals surface area contributed by atoms with Gasteiger partial charge in [0.2, 0.25) is 0 Å². The lowest BCUT2D eigenvalue weighted by Gasteiger charge is -2.21. The molecule has 0 fully saturated rings. The van der Waals surface area contributed by atoms with E-state index < -0.39 is 11.9 Å². The second-order valence-electron chi connectivity index (χ2n) is 4.60. The molecule has 0 aliphatic rings. The Balaban J connectivity index is 2.47. The van der Waals surface area contributed by atoms with Crippen molar-refractivity contribution in [1.82, 2.24) is 5.48 Å². The van der Waals surface area contributed by atoms with E-state index in [0.29, 0.717) is 0 Å². The summed E-state index contributed by atoms with van der Waals surface area (Å²) in [4.78, 5) is 5.23. The van der Waals surface area contributed by atoms with Crippen LogP contribution in [0.1, 0.15) is 32.4 Å². The fourth-order valence-corrected chi connectivity index (χ4v) is 1.19. The van der Waals surface area contributed by atoms with Gasteiger partial charge < -0.3 is 5.11 Å². The van der Waals surface area contributed by atoms with Gasteiger partial charge in [-0.1, -0.05) is 18.2 Å². The van der Waals surface area contributed by atoms with Crippen molar-refractivity contribution in [2.45, 2.75) is 32.5 Å². The second kappa shape index (κ2) is 5.39. The third kappa shape index (κ3) is 4.26. The lowest BCUT2D eigenvalue weighted by molar-refractivity contribution is -0.0836. The number of nitrogens with one attached hydrogen (secondary N) is 1. The summed E-state index contributed by atoms with van der Waals surface area (Å²) < 4.78 is 13.3. The highest BCUT2D eigenvalue weighted by atomic mass is 19.1. The smallest absolute Gasteiger partial charge is 0.129 e. The van der Waals surface area contributed by atoms with Gasteiger partial charge in [0.05, 0.1) is 18.2 Å². The highest BCUT2D eigenvalue weighted by Gasteiger charge is 2.14. The summed E-state index contributed by atoms with van der Waals surface area (Å²) in [7, 11) is 0. The predicted octanol–water partition coefficient (Wildman–Crippen LogP) is 2.18. The molecule has 1 unspecified atom stereocenters. The first-order chi connectivity index (χ1) is 7.40. The molecule has 0 saturated carbocycles. The van der Waals surface area contributed by atoms with Crippen molar-refractivity contribution < 1.29 is 14.3 Å².